The molecule has 0 aliphatic heterocycles. The van der Waals surface area contributed by atoms with Crippen LogP contribution in [0.4, 0.5) is 0 Å². The molecule has 3 saturated carbocycles. The first kappa shape index (κ1) is 33.2. The van der Waals surface area contributed by atoms with Gasteiger partial charge in [0.1, 0.15) is 0 Å². The van der Waals surface area contributed by atoms with E-state index in [2.05, 4.69) is 65.1 Å². The smallest absolute Gasteiger partial charge is 0.0969 e. The van der Waals surface area contributed by atoms with Crippen molar-refractivity contribution < 1.29 is 14.2 Å². The highest BCUT2D eigenvalue weighted by atomic mass is 16.5. The first-order chi connectivity index (χ1) is 19.8. The first-order valence-corrected chi connectivity index (χ1v) is 17.6. The van der Waals surface area contributed by atoms with Crippen LogP contribution < -0.4 is 5.32 Å². The van der Waals surface area contributed by atoms with Crippen LogP contribution in [0.5, 0.6) is 0 Å². The molecule has 4 nitrogen and oxygen atoms in total. The molecule has 4 unspecified atom stereocenters. The van der Waals surface area contributed by atoms with E-state index in [0.29, 0.717) is 50.1 Å². The summed E-state index contributed by atoms with van der Waals surface area (Å²) in [6, 6.07) is 0. The van der Waals surface area contributed by atoms with Gasteiger partial charge < -0.3 is 14.2 Å². The summed E-state index contributed by atoms with van der Waals surface area (Å²) >= 11 is 0. The number of rotatable bonds is 17. The summed E-state index contributed by atoms with van der Waals surface area (Å²) in [7, 11) is 0. The Hall–Kier alpha value is -0.680. The molecular formula is C37H65NO3. The minimum absolute atomic E-state index is 0.361. The van der Waals surface area contributed by atoms with Crippen molar-refractivity contribution in [1.82, 2.24) is 5.32 Å². The lowest BCUT2D eigenvalue weighted by molar-refractivity contribution is -0.0654. The molecule has 8 atom stereocenters. The highest BCUT2D eigenvalue weighted by Gasteiger charge is 2.59. The van der Waals surface area contributed by atoms with Gasteiger partial charge in [-0.05, 0) is 104 Å². The predicted octanol–water partition coefficient (Wildman–Crippen LogP) is 8.96. The lowest BCUT2D eigenvalue weighted by Crippen LogP contribution is -2.51. The minimum atomic E-state index is 0.361. The maximum Gasteiger partial charge on any atom is 0.0969 e. The number of ether oxygens (including phenoxy) is 3. The molecule has 0 amide bonds. The van der Waals surface area contributed by atoms with Crippen molar-refractivity contribution in [3.63, 3.8) is 0 Å². The molecule has 0 aromatic heterocycles. The number of allylic oxidation sites excluding steroid dienone is 2. The van der Waals surface area contributed by atoms with Crippen LogP contribution >= 0.6 is 0 Å². The van der Waals surface area contributed by atoms with Gasteiger partial charge in [-0.15, -0.1) is 0 Å². The zero-order valence-corrected chi connectivity index (χ0v) is 27.7. The van der Waals surface area contributed by atoms with Gasteiger partial charge in [-0.25, -0.2) is 0 Å². The molecule has 1 N–H and O–H groups in total. The number of hydrogen-bond donors (Lipinski definition) is 1. The normalized spacial score (nSPS) is 35.8. The third-order valence-corrected chi connectivity index (χ3v) is 12.1. The summed E-state index contributed by atoms with van der Waals surface area (Å²) in [4.78, 5) is 0. The number of hydrogen-bond acceptors (Lipinski definition) is 4. The van der Waals surface area contributed by atoms with E-state index < -0.39 is 0 Å². The maximum absolute atomic E-state index is 6.33. The van der Waals surface area contributed by atoms with Crippen molar-refractivity contribution in [2.75, 3.05) is 39.7 Å². The Kier molecular flexibility index (Phi) is 12.9. The predicted molar refractivity (Wildman–Crippen MR) is 172 cm³/mol. The Morgan fingerprint density at radius 2 is 1.78 bits per heavy atom. The lowest BCUT2D eigenvalue weighted by atomic mass is 9.47. The lowest BCUT2D eigenvalue weighted by Gasteiger charge is -2.58. The summed E-state index contributed by atoms with van der Waals surface area (Å²) in [5.41, 5.74) is 2.71. The molecule has 0 spiro atoms. The van der Waals surface area contributed by atoms with Gasteiger partial charge in [0, 0.05) is 6.54 Å². The van der Waals surface area contributed by atoms with E-state index in [1.54, 1.807) is 5.57 Å². The van der Waals surface area contributed by atoms with Crippen LogP contribution in [0.15, 0.2) is 23.8 Å². The van der Waals surface area contributed by atoms with Gasteiger partial charge in [-0.1, -0.05) is 84.6 Å². The molecule has 3 fully saturated rings. The van der Waals surface area contributed by atoms with Gasteiger partial charge >= 0.3 is 0 Å². The maximum atomic E-state index is 6.33. The van der Waals surface area contributed by atoms with E-state index in [4.69, 9.17) is 14.2 Å². The van der Waals surface area contributed by atoms with Crippen molar-refractivity contribution in [2.24, 2.45) is 46.3 Å². The number of fused-ring (bicyclic) bond motifs is 5. The molecule has 236 valence electrons. The summed E-state index contributed by atoms with van der Waals surface area (Å²) in [6.45, 7) is 19.0. The first-order valence-electron chi connectivity index (χ1n) is 17.6. The summed E-state index contributed by atoms with van der Waals surface area (Å²) in [6.07, 6.45) is 23.4. The third-order valence-electron chi connectivity index (χ3n) is 12.1. The largest absolute Gasteiger partial charge is 0.378 e. The van der Waals surface area contributed by atoms with Crippen LogP contribution in [0.1, 0.15) is 119 Å². The Labute approximate surface area is 253 Å². The Morgan fingerprint density at radius 1 is 0.951 bits per heavy atom. The zero-order valence-electron chi connectivity index (χ0n) is 27.7. The van der Waals surface area contributed by atoms with Gasteiger partial charge in [-0.2, -0.15) is 0 Å². The van der Waals surface area contributed by atoms with E-state index in [0.717, 1.165) is 54.9 Å². The van der Waals surface area contributed by atoms with Crippen molar-refractivity contribution >= 4 is 0 Å². The average molecular weight is 572 g/mol. The Bertz CT molecular complexity index is 838. The second kappa shape index (κ2) is 15.9. The van der Waals surface area contributed by atoms with E-state index in [-0.39, 0.29) is 0 Å². The van der Waals surface area contributed by atoms with Crippen molar-refractivity contribution in [3.05, 3.63) is 23.8 Å². The molecule has 4 aliphatic carbocycles. The fourth-order valence-corrected chi connectivity index (χ4v) is 9.79. The fourth-order valence-electron chi connectivity index (χ4n) is 9.79. The second-order valence-corrected chi connectivity index (χ2v) is 15.0. The van der Waals surface area contributed by atoms with Crippen LogP contribution in [-0.2, 0) is 14.2 Å². The van der Waals surface area contributed by atoms with Gasteiger partial charge in [0.15, 0.2) is 0 Å². The molecule has 0 bridgehead atoms. The van der Waals surface area contributed by atoms with Crippen molar-refractivity contribution in [1.29, 1.82) is 0 Å². The molecule has 4 aliphatic rings. The summed E-state index contributed by atoms with van der Waals surface area (Å²) in [5.74, 6) is 5.43. The van der Waals surface area contributed by atoms with Crippen LogP contribution in [0.2, 0.25) is 0 Å². The van der Waals surface area contributed by atoms with Gasteiger partial charge in [0.2, 0.25) is 0 Å². The van der Waals surface area contributed by atoms with Crippen LogP contribution in [0.3, 0.4) is 0 Å². The van der Waals surface area contributed by atoms with E-state index >= 15 is 0 Å². The number of nitrogens with one attached hydrogen (secondary N) is 1. The van der Waals surface area contributed by atoms with Crippen LogP contribution in [0.25, 0.3) is 0 Å². The summed E-state index contributed by atoms with van der Waals surface area (Å²) < 4.78 is 17.5. The molecule has 0 saturated heterocycles. The van der Waals surface area contributed by atoms with Crippen LogP contribution in [-0.4, -0.2) is 45.8 Å². The molecule has 0 radical (unpaired) electrons. The van der Waals surface area contributed by atoms with Crippen LogP contribution in [0, 0.1) is 46.3 Å². The van der Waals surface area contributed by atoms with Gasteiger partial charge in [0.25, 0.3) is 0 Å². The topological polar surface area (TPSA) is 39.7 Å². The van der Waals surface area contributed by atoms with E-state index in [1.165, 1.54) is 64.2 Å². The highest BCUT2D eigenvalue weighted by molar-refractivity contribution is 5.25. The standard InChI is InChI=1S/C37H65NO3/c1-7-8-9-22-39-24-25-40-23-21-38-27-41-31-17-19-36(5)30(26-31)13-14-32-34-16-15-33(29(4)12-10-11-28(2)3)37(34,6)20-18-35(32)36/h8-9,13,28-29,31-35,38H,7,10-12,14-27H2,1-6H3/b9-8+/t29-,31+,32?,33-,34?,35?,36?,37-/m1/s1. The SMILES string of the molecule is CC/C=C/COCCOCCNCO[C@H]1CCC2(C)C(=CCC3C2CC[C@@]2(C)C3CC[C@@H]2[C@H](C)CCCC(C)C)C1. The van der Waals surface area contributed by atoms with Gasteiger partial charge in [-0.3, -0.25) is 5.32 Å². The fraction of sp³-hybridized carbons (Fsp3) is 0.892. The quantitative estimate of drug-likeness (QED) is 0.107. The molecule has 0 aromatic rings. The molecule has 4 heteroatoms. The Balaban J connectivity index is 1.19. The third kappa shape index (κ3) is 8.28. The van der Waals surface area contributed by atoms with Crippen molar-refractivity contribution in [2.45, 2.75) is 125 Å². The average Bonchev–Trinajstić information content (AvgIpc) is 3.30. The Morgan fingerprint density at radius 3 is 2.59 bits per heavy atom. The van der Waals surface area contributed by atoms with Gasteiger partial charge in [0.05, 0.1) is 39.3 Å². The second-order valence-electron chi connectivity index (χ2n) is 15.0. The van der Waals surface area contributed by atoms with E-state index in [1.807, 2.05) is 0 Å². The molecule has 0 aromatic carbocycles. The molecule has 41 heavy (non-hydrogen) atoms. The monoisotopic (exact) mass is 571 g/mol. The molecule has 4 rings (SSSR count). The molecule has 0 heterocycles. The zero-order chi connectivity index (χ0) is 29.3. The highest BCUT2D eigenvalue weighted by Crippen LogP contribution is 2.67. The minimum Gasteiger partial charge on any atom is -0.378 e. The van der Waals surface area contributed by atoms with Crippen molar-refractivity contribution in [3.8, 4) is 0 Å². The summed E-state index contributed by atoms with van der Waals surface area (Å²) in [5, 5.41) is 3.42. The van der Waals surface area contributed by atoms with E-state index in [9.17, 15) is 0 Å². The molecular weight excluding hydrogens is 506 g/mol.